The van der Waals surface area contributed by atoms with Gasteiger partial charge in [-0.2, -0.15) is 0 Å². The first kappa shape index (κ1) is 22.9. The molecule has 0 spiro atoms. The normalized spacial score (nSPS) is 13.6. The van der Waals surface area contributed by atoms with Crippen molar-refractivity contribution in [2.24, 2.45) is 0 Å². The summed E-state index contributed by atoms with van der Waals surface area (Å²) < 4.78 is 12.9. The number of piperazine rings is 1. The number of nitrogens with zero attached hydrogens (tertiary/aromatic N) is 2. The Balaban J connectivity index is 1.21. The van der Waals surface area contributed by atoms with E-state index in [0.717, 1.165) is 18.7 Å². The predicted octanol–water partition coefficient (Wildman–Crippen LogP) is 4.66. The van der Waals surface area contributed by atoms with Gasteiger partial charge in [-0.25, -0.2) is 4.39 Å². The summed E-state index contributed by atoms with van der Waals surface area (Å²) in [7, 11) is 0. The molecule has 1 aliphatic rings. The Morgan fingerprint density at radius 3 is 2.18 bits per heavy atom. The Morgan fingerprint density at radius 2 is 1.52 bits per heavy atom. The summed E-state index contributed by atoms with van der Waals surface area (Å²) in [5.41, 5.74) is 3.51. The maximum Gasteiger partial charge on any atom is 0.253 e. The van der Waals surface area contributed by atoms with Crippen LogP contribution in [-0.2, 0) is 10.5 Å². The fourth-order valence-corrected chi connectivity index (χ4v) is 4.51. The van der Waals surface area contributed by atoms with Gasteiger partial charge in [0.1, 0.15) is 5.82 Å². The number of rotatable bonds is 7. The number of benzene rings is 3. The number of amides is 2. The number of carbonyl (C=O) groups is 2. The second kappa shape index (κ2) is 11.0. The van der Waals surface area contributed by atoms with Gasteiger partial charge in [0, 0.05) is 48.9 Å². The van der Waals surface area contributed by atoms with Crippen LogP contribution in [0.4, 0.5) is 15.8 Å². The molecule has 1 aliphatic heterocycles. The number of para-hydroxylation sites is 1. The highest BCUT2D eigenvalue weighted by Crippen LogP contribution is 2.18. The minimum absolute atomic E-state index is 0.0561. The average molecular weight is 464 g/mol. The van der Waals surface area contributed by atoms with Gasteiger partial charge in [0.2, 0.25) is 5.91 Å². The second-order valence-corrected chi connectivity index (χ2v) is 8.85. The van der Waals surface area contributed by atoms with Crippen LogP contribution in [0.5, 0.6) is 0 Å². The van der Waals surface area contributed by atoms with E-state index in [1.165, 1.54) is 41.7 Å². The SMILES string of the molecule is O=C(CSCc1ccc(C(=O)N2CCN(c3ccccc3)CC2)cc1)Nc1ccc(F)cc1. The lowest BCUT2D eigenvalue weighted by Crippen LogP contribution is -2.48. The summed E-state index contributed by atoms with van der Waals surface area (Å²) in [4.78, 5) is 29.1. The third-order valence-corrected chi connectivity index (χ3v) is 6.52. The van der Waals surface area contributed by atoms with Gasteiger partial charge in [-0.1, -0.05) is 30.3 Å². The van der Waals surface area contributed by atoms with E-state index in [2.05, 4.69) is 22.3 Å². The van der Waals surface area contributed by atoms with Gasteiger partial charge in [-0.3, -0.25) is 9.59 Å². The smallest absolute Gasteiger partial charge is 0.253 e. The molecule has 0 unspecified atom stereocenters. The van der Waals surface area contributed by atoms with Crippen LogP contribution in [0, 0.1) is 5.82 Å². The van der Waals surface area contributed by atoms with Crippen molar-refractivity contribution in [3.63, 3.8) is 0 Å². The number of halogens is 1. The van der Waals surface area contributed by atoms with Crippen molar-refractivity contribution < 1.29 is 14.0 Å². The Hall–Kier alpha value is -3.32. The second-order valence-electron chi connectivity index (χ2n) is 7.86. The first-order chi connectivity index (χ1) is 16.1. The lowest BCUT2D eigenvalue weighted by Gasteiger charge is -2.36. The topological polar surface area (TPSA) is 52.7 Å². The molecule has 0 atom stereocenters. The van der Waals surface area contributed by atoms with E-state index in [1.807, 2.05) is 47.4 Å². The summed E-state index contributed by atoms with van der Waals surface area (Å²) in [5, 5.41) is 2.75. The highest BCUT2D eigenvalue weighted by atomic mass is 32.2. The molecule has 5 nitrogen and oxygen atoms in total. The van der Waals surface area contributed by atoms with E-state index in [-0.39, 0.29) is 17.6 Å². The van der Waals surface area contributed by atoms with E-state index in [9.17, 15) is 14.0 Å². The maximum absolute atomic E-state index is 12.9. The molecule has 0 aromatic heterocycles. The molecular weight excluding hydrogens is 437 g/mol. The van der Waals surface area contributed by atoms with Gasteiger partial charge in [-0.05, 0) is 54.1 Å². The Morgan fingerprint density at radius 1 is 0.848 bits per heavy atom. The van der Waals surface area contributed by atoms with Crippen LogP contribution in [0.25, 0.3) is 0 Å². The summed E-state index contributed by atoms with van der Waals surface area (Å²) in [6, 6.07) is 23.6. The third-order valence-electron chi connectivity index (χ3n) is 5.52. The zero-order valence-electron chi connectivity index (χ0n) is 18.2. The van der Waals surface area contributed by atoms with E-state index >= 15 is 0 Å². The summed E-state index contributed by atoms with van der Waals surface area (Å²) in [6.45, 7) is 3.05. The quantitative estimate of drug-likeness (QED) is 0.554. The molecule has 2 amide bonds. The predicted molar refractivity (Wildman–Crippen MR) is 132 cm³/mol. The number of carbonyl (C=O) groups excluding carboxylic acids is 2. The molecule has 3 aromatic carbocycles. The van der Waals surface area contributed by atoms with Gasteiger partial charge in [0.15, 0.2) is 0 Å². The highest BCUT2D eigenvalue weighted by Gasteiger charge is 2.22. The molecule has 0 saturated carbocycles. The van der Waals surface area contributed by atoms with E-state index < -0.39 is 0 Å². The molecule has 33 heavy (non-hydrogen) atoms. The third kappa shape index (κ3) is 6.35. The largest absolute Gasteiger partial charge is 0.368 e. The Labute approximate surface area is 197 Å². The van der Waals surface area contributed by atoms with Crippen molar-refractivity contribution >= 4 is 35.0 Å². The summed E-state index contributed by atoms with van der Waals surface area (Å²) >= 11 is 1.49. The van der Waals surface area contributed by atoms with Gasteiger partial charge >= 0.3 is 0 Å². The van der Waals surface area contributed by atoms with Gasteiger partial charge in [0.05, 0.1) is 5.75 Å². The zero-order chi connectivity index (χ0) is 23.0. The lowest BCUT2D eigenvalue weighted by atomic mass is 10.1. The van der Waals surface area contributed by atoms with Gasteiger partial charge in [-0.15, -0.1) is 11.8 Å². The lowest BCUT2D eigenvalue weighted by molar-refractivity contribution is -0.113. The first-order valence-electron chi connectivity index (χ1n) is 10.9. The van der Waals surface area contributed by atoms with Crippen molar-refractivity contribution in [3.8, 4) is 0 Å². The molecule has 1 heterocycles. The monoisotopic (exact) mass is 463 g/mol. The van der Waals surface area contributed by atoms with Crippen LogP contribution in [0.3, 0.4) is 0 Å². The molecular formula is C26H26FN3O2S. The number of nitrogens with one attached hydrogen (secondary N) is 1. The van der Waals surface area contributed by atoms with Crippen LogP contribution in [0.15, 0.2) is 78.9 Å². The van der Waals surface area contributed by atoms with Crippen LogP contribution < -0.4 is 10.2 Å². The number of anilines is 2. The molecule has 0 aliphatic carbocycles. The van der Waals surface area contributed by atoms with Crippen molar-refractivity contribution in [3.05, 3.63) is 95.8 Å². The molecule has 1 fully saturated rings. The van der Waals surface area contributed by atoms with Crippen molar-refractivity contribution in [1.82, 2.24) is 4.90 Å². The molecule has 170 valence electrons. The van der Waals surface area contributed by atoms with E-state index in [4.69, 9.17) is 0 Å². The van der Waals surface area contributed by atoms with Gasteiger partial charge < -0.3 is 15.1 Å². The standard InChI is InChI=1S/C26H26FN3O2S/c27-22-10-12-23(13-11-22)28-25(31)19-33-18-20-6-8-21(9-7-20)26(32)30-16-14-29(15-17-30)24-4-2-1-3-5-24/h1-13H,14-19H2,(H,28,31). The van der Waals surface area contributed by atoms with Crippen LogP contribution in [0.1, 0.15) is 15.9 Å². The van der Waals surface area contributed by atoms with Gasteiger partial charge in [0.25, 0.3) is 5.91 Å². The zero-order valence-corrected chi connectivity index (χ0v) is 19.1. The number of hydrogen-bond donors (Lipinski definition) is 1. The minimum Gasteiger partial charge on any atom is -0.368 e. The number of thioether (sulfide) groups is 1. The first-order valence-corrected chi connectivity index (χ1v) is 12.1. The summed E-state index contributed by atoms with van der Waals surface area (Å²) in [5.74, 6) is 0.553. The number of hydrogen-bond acceptors (Lipinski definition) is 4. The highest BCUT2D eigenvalue weighted by molar-refractivity contribution is 7.99. The Bertz CT molecular complexity index is 1070. The van der Waals surface area contributed by atoms with E-state index in [1.54, 1.807) is 0 Å². The molecule has 7 heteroatoms. The van der Waals surface area contributed by atoms with E-state index in [0.29, 0.717) is 35.8 Å². The average Bonchev–Trinajstić information content (AvgIpc) is 2.86. The molecule has 4 rings (SSSR count). The Kier molecular flexibility index (Phi) is 7.62. The fraction of sp³-hybridized carbons (Fsp3) is 0.231. The van der Waals surface area contributed by atoms with Crippen LogP contribution in [0.2, 0.25) is 0 Å². The molecule has 0 bridgehead atoms. The maximum atomic E-state index is 12.9. The summed E-state index contributed by atoms with van der Waals surface area (Å²) in [6.07, 6.45) is 0. The van der Waals surface area contributed by atoms with Crippen molar-refractivity contribution in [2.75, 3.05) is 42.1 Å². The molecule has 0 radical (unpaired) electrons. The van der Waals surface area contributed by atoms with Crippen molar-refractivity contribution in [1.29, 1.82) is 0 Å². The fourth-order valence-electron chi connectivity index (χ4n) is 3.72. The molecule has 1 saturated heterocycles. The minimum atomic E-state index is -0.334. The van der Waals surface area contributed by atoms with Crippen LogP contribution in [-0.4, -0.2) is 48.6 Å². The molecule has 3 aromatic rings. The molecule has 1 N–H and O–H groups in total. The van der Waals surface area contributed by atoms with Crippen LogP contribution >= 0.6 is 11.8 Å². The van der Waals surface area contributed by atoms with Crippen molar-refractivity contribution in [2.45, 2.75) is 5.75 Å².